The fourth-order valence-electron chi connectivity index (χ4n) is 1.92. The molecule has 1 atom stereocenters. The van der Waals surface area contributed by atoms with Crippen molar-refractivity contribution in [3.05, 3.63) is 0 Å². The number of rotatable bonds is 12. The van der Waals surface area contributed by atoms with Crippen LogP contribution in [-0.4, -0.2) is 19.6 Å². The molecule has 0 aliphatic heterocycles. The maximum Gasteiger partial charge on any atom is 0.673 e. The lowest BCUT2D eigenvalue weighted by atomic mass is 10.1. The molecule has 0 aromatic heterocycles. The Kier molecular flexibility index (Phi) is 19.4. The first kappa shape index (κ1) is 22.5. The number of hydrogen-bond donors (Lipinski definition) is 0. The second kappa shape index (κ2) is 17.3. The molecule has 0 aliphatic rings. The zero-order chi connectivity index (χ0) is 15.7. The van der Waals surface area contributed by atoms with Gasteiger partial charge in [0.2, 0.25) is 0 Å². The molecule has 0 fully saturated rings. The topological polar surface area (TPSA) is 0 Å². The van der Waals surface area contributed by atoms with Crippen molar-refractivity contribution in [2.45, 2.75) is 78.1 Å². The van der Waals surface area contributed by atoms with E-state index in [9.17, 15) is 17.3 Å². The van der Waals surface area contributed by atoms with E-state index >= 15 is 0 Å². The van der Waals surface area contributed by atoms with Crippen LogP contribution in [-0.2, 0) is 0 Å². The van der Waals surface area contributed by atoms with Gasteiger partial charge in [0, 0.05) is 0 Å². The monoisotopic (exact) mass is 318 g/mol. The van der Waals surface area contributed by atoms with Crippen LogP contribution in [0.4, 0.5) is 17.3 Å². The first-order valence-corrected chi connectivity index (χ1v) is 9.74. The maximum atomic E-state index is 9.75. The minimum Gasteiger partial charge on any atom is -0.418 e. The molecule has 0 saturated heterocycles. The summed E-state index contributed by atoms with van der Waals surface area (Å²) in [7, 11) is -5.20. The van der Waals surface area contributed by atoms with E-state index in [1.165, 1.54) is 64.2 Å². The van der Waals surface area contributed by atoms with E-state index in [1.807, 2.05) is 0 Å². The Bertz CT molecular complexity index is 159. The summed E-state index contributed by atoms with van der Waals surface area (Å²) in [5, 5.41) is 0. The van der Waals surface area contributed by atoms with Crippen molar-refractivity contribution in [2.75, 3.05) is 12.3 Å². The van der Waals surface area contributed by atoms with Gasteiger partial charge in [-0.2, -0.15) is 0 Å². The fraction of sp³-hybridized carbons (Fsp3) is 1.00. The van der Waals surface area contributed by atoms with E-state index < -0.39 is 7.25 Å². The van der Waals surface area contributed by atoms with Crippen molar-refractivity contribution in [3.8, 4) is 0 Å². The van der Waals surface area contributed by atoms with Crippen LogP contribution in [0.15, 0.2) is 0 Å². The van der Waals surface area contributed by atoms with E-state index in [0.717, 1.165) is 8.58 Å². The number of halogens is 4. The summed E-state index contributed by atoms with van der Waals surface area (Å²) < 4.78 is 39.0. The second-order valence-electron chi connectivity index (χ2n) is 5.19. The zero-order valence-corrected chi connectivity index (χ0v) is 14.3. The van der Waals surface area contributed by atoms with Gasteiger partial charge in [0.05, 0.1) is 12.3 Å². The summed E-state index contributed by atoms with van der Waals surface area (Å²) in [6, 6.07) is 0. The van der Waals surface area contributed by atoms with Crippen molar-refractivity contribution >= 4 is 15.8 Å². The normalized spacial score (nSPS) is 11.7. The molecule has 124 valence electrons. The number of unbranched alkanes of at least 4 members (excludes halogenated alkanes) is 8. The van der Waals surface area contributed by atoms with Crippen LogP contribution in [0.1, 0.15) is 78.1 Å². The molecule has 0 aromatic rings. The van der Waals surface area contributed by atoms with E-state index in [0.29, 0.717) is 0 Å². The number of hydrogen-bond acceptors (Lipinski definition) is 0. The van der Waals surface area contributed by atoms with Gasteiger partial charge < -0.3 is 17.3 Å². The Labute approximate surface area is 124 Å². The smallest absolute Gasteiger partial charge is 0.418 e. The van der Waals surface area contributed by atoms with Crippen molar-refractivity contribution in [3.63, 3.8) is 0 Å². The molecule has 0 nitrogen and oxygen atoms in total. The van der Waals surface area contributed by atoms with E-state index in [2.05, 4.69) is 13.8 Å². The molecule has 0 heterocycles. The third-order valence-electron chi connectivity index (χ3n) is 3.02. The standard InChI is InChI=1S/C14H31P.BF4/c1-3-5-7-8-9-10-11-12-14-15-13-6-4-2;2-1(3,4)5/h15H,3-14H2,1-2H3;/q;-1/p+1. The van der Waals surface area contributed by atoms with Crippen LogP contribution in [0.5, 0.6) is 0 Å². The highest BCUT2D eigenvalue weighted by molar-refractivity contribution is 7.37. The molecule has 0 spiro atoms. The third kappa shape index (κ3) is 36.2. The van der Waals surface area contributed by atoms with Crippen LogP contribution in [0.3, 0.4) is 0 Å². The predicted molar refractivity (Wildman–Crippen MR) is 87.1 cm³/mol. The Balaban J connectivity index is 0. The molecule has 0 bridgehead atoms. The van der Waals surface area contributed by atoms with Gasteiger partial charge in [-0.15, -0.1) is 0 Å². The van der Waals surface area contributed by atoms with Gasteiger partial charge in [-0.25, -0.2) is 0 Å². The quantitative estimate of drug-likeness (QED) is 0.164. The minimum absolute atomic E-state index is 0.802. The Morgan fingerprint density at radius 2 is 0.950 bits per heavy atom. The predicted octanol–water partition coefficient (Wildman–Crippen LogP) is 6.64. The van der Waals surface area contributed by atoms with Crippen molar-refractivity contribution < 1.29 is 17.3 Å². The van der Waals surface area contributed by atoms with Gasteiger partial charge in [0.25, 0.3) is 0 Å². The molecular formula is C14H32BF4P. The average molecular weight is 318 g/mol. The van der Waals surface area contributed by atoms with Gasteiger partial charge in [0.1, 0.15) is 0 Å². The average Bonchev–Trinajstić information content (AvgIpc) is 2.34. The first-order chi connectivity index (χ1) is 9.41. The molecular weight excluding hydrogens is 286 g/mol. The van der Waals surface area contributed by atoms with Crippen LogP contribution in [0.2, 0.25) is 0 Å². The van der Waals surface area contributed by atoms with E-state index in [4.69, 9.17) is 0 Å². The molecule has 6 heteroatoms. The SMILES string of the molecule is CCCCCCCCCC[PH2+]CCCC.F[B-](F)(F)F. The summed E-state index contributed by atoms with van der Waals surface area (Å²) in [6.07, 6.45) is 17.8. The zero-order valence-electron chi connectivity index (χ0n) is 13.2. The fourth-order valence-corrected chi connectivity index (χ4v) is 3.48. The summed E-state index contributed by atoms with van der Waals surface area (Å²) in [5.74, 6) is 0. The largest absolute Gasteiger partial charge is 0.673 e. The highest BCUT2D eigenvalue weighted by atomic mass is 31.1. The summed E-state index contributed by atoms with van der Waals surface area (Å²) in [5.41, 5.74) is 0. The van der Waals surface area contributed by atoms with Gasteiger partial charge >= 0.3 is 7.25 Å². The highest BCUT2D eigenvalue weighted by Crippen LogP contribution is 2.16. The lowest BCUT2D eigenvalue weighted by molar-refractivity contribution is 0.368. The molecule has 0 saturated carbocycles. The van der Waals surface area contributed by atoms with Gasteiger partial charge in [-0.1, -0.05) is 58.8 Å². The molecule has 0 aliphatic carbocycles. The van der Waals surface area contributed by atoms with Gasteiger partial charge in [-0.3, -0.25) is 0 Å². The van der Waals surface area contributed by atoms with Gasteiger partial charge in [-0.05, 0) is 27.8 Å². The molecule has 20 heavy (non-hydrogen) atoms. The second-order valence-corrected chi connectivity index (χ2v) is 6.92. The van der Waals surface area contributed by atoms with E-state index in [1.54, 1.807) is 12.3 Å². The summed E-state index contributed by atoms with van der Waals surface area (Å²) in [6.45, 7) is 4.59. The van der Waals surface area contributed by atoms with E-state index in [-0.39, 0.29) is 0 Å². The third-order valence-corrected chi connectivity index (χ3v) is 4.66. The van der Waals surface area contributed by atoms with Crippen LogP contribution < -0.4 is 0 Å². The lowest BCUT2D eigenvalue weighted by Crippen LogP contribution is -2.02. The van der Waals surface area contributed by atoms with Crippen LogP contribution >= 0.6 is 8.58 Å². The maximum absolute atomic E-state index is 9.75. The Hall–Kier alpha value is 0.215. The first-order valence-electron chi connectivity index (χ1n) is 8.10. The lowest BCUT2D eigenvalue weighted by Gasteiger charge is -1.99. The Morgan fingerprint density at radius 3 is 1.40 bits per heavy atom. The van der Waals surface area contributed by atoms with Crippen LogP contribution in [0.25, 0.3) is 0 Å². The van der Waals surface area contributed by atoms with Crippen molar-refractivity contribution in [1.82, 2.24) is 0 Å². The molecule has 1 unspecified atom stereocenters. The highest BCUT2D eigenvalue weighted by Gasteiger charge is 2.20. The molecule has 0 aromatic carbocycles. The molecule has 0 amide bonds. The summed E-state index contributed by atoms with van der Waals surface area (Å²) in [4.78, 5) is 0. The minimum atomic E-state index is -6.00. The Morgan fingerprint density at radius 1 is 0.600 bits per heavy atom. The van der Waals surface area contributed by atoms with Crippen LogP contribution in [0, 0.1) is 0 Å². The molecule has 0 rings (SSSR count). The molecule has 0 radical (unpaired) electrons. The van der Waals surface area contributed by atoms with Crippen molar-refractivity contribution in [2.24, 2.45) is 0 Å². The van der Waals surface area contributed by atoms with Crippen molar-refractivity contribution in [1.29, 1.82) is 0 Å². The summed E-state index contributed by atoms with van der Waals surface area (Å²) >= 11 is 0. The molecule has 0 N–H and O–H groups in total. The van der Waals surface area contributed by atoms with Gasteiger partial charge in [0.15, 0.2) is 0 Å².